The molecule has 0 bridgehead atoms. The molecule has 3 aliphatic rings. The number of nitrogens with zero attached hydrogens (tertiary/aromatic N) is 3. The highest BCUT2D eigenvalue weighted by Crippen LogP contribution is 2.47. The summed E-state index contributed by atoms with van der Waals surface area (Å²) in [5.41, 5.74) is 4.29. The molecule has 3 nitrogen and oxygen atoms in total. The van der Waals surface area contributed by atoms with Crippen molar-refractivity contribution >= 4 is 5.84 Å². The van der Waals surface area contributed by atoms with Crippen LogP contribution in [0.3, 0.4) is 0 Å². The average Bonchev–Trinajstić information content (AvgIpc) is 3.20. The van der Waals surface area contributed by atoms with E-state index in [1.807, 2.05) is 13.0 Å². The third kappa shape index (κ3) is 4.24. The summed E-state index contributed by atoms with van der Waals surface area (Å²) in [6.45, 7) is 18.3. The first kappa shape index (κ1) is 23.7. The molecule has 1 aliphatic carbocycles. The van der Waals surface area contributed by atoms with Gasteiger partial charge in [-0.05, 0) is 63.8 Å². The van der Waals surface area contributed by atoms with Crippen LogP contribution in [0.1, 0.15) is 69.6 Å². The highest BCUT2D eigenvalue weighted by Gasteiger charge is 2.42. The van der Waals surface area contributed by atoms with E-state index in [-0.39, 0.29) is 5.41 Å². The maximum atomic E-state index is 13.6. The lowest BCUT2D eigenvalue weighted by Crippen LogP contribution is -2.50. The minimum atomic E-state index is -4.35. The van der Waals surface area contributed by atoms with Crippen molar-refractivity contribution in [3.8, 4) is 0 Å². The van der Waals surface area contributed by atoms with Gasteiger partial charge >= 0.3 is 6.18 Å². The lowest BCUT2D eigenvalue weighted by atomic mass is 9.74. The van der Waals surface area contributed by atoms with Gasteiger partial charge in [0.2, 0.25) is 0 Å². The Balaban J connectivity index is 1.73. The van der Waals surface area contributed by atoms with Crippen LogP contribution in [-0.4, -0.2) is 34.8 Å². The number of halogens is 3. The van der Waals surface area contributed by atoms with Crippen LogP contribution in [0.5, 0.6) is 0 Å². The van der Waals surface area contributed by atoms with Crippen LogP contribution in [-0.2, 0) is 11.6 Å². The molecule has 2 fully saturated rings. The van der Waals surface area contributed by atoms with Crippen molar-refractivity contribution < 1.29 is 13.2 Å². The van der Waals surface area contributed by atoms with Crippen LogP contribution in [0.15, 0.2) is 59.0 Å². The SMILES string of the molecule is C=C1N=C(CC2(c3cc(C)cc(C(F)(F)F)c3)CCCC2)N2CCN(C(C)C)C(=C)C2=C1C. The average molecular weight is 458 g/mol. The molecule has 0 aromatic heterocycles. The van der Waals surface area contributed by atoms with Crippen molar-refractivity contribution in [3.05, 3.63) is 70.7 Å². The van der Waals surface area contributed by atoms with Crippen LogP contribution >= 0.6 is 0 Å². The van der Waals surface area contributed by atoms with Crippen molar-refractivity contribution in [1.29, 1.82) is 0 Å². The second kappa shape index (κ2) is 8.37. The minimum Gasteiger partial charge on any atom is -0.366 e. The summed E-state index contributed by atoms with van der Waals surface area (Å²) >= 11 is 0. The fourth-order valence-corrected chi connectivity index (χ4v) is 5.74. The van der Waals surface area contributed by atoms with Gasteiger partial charge in [0.1, 0.15) is 5.84 Å². The zero-order chi connectivity index (χ0) is 24.1. The lowest BCUT2D eigenvalue weighted by Gasteiger charge is -2.46. The monoisotopic (exact) mass is 457 g/mol. The molecule has 1 saturated heterocycles. The van der Waals surface area contributed by atoms with Crippen LogP contribution in [0.25, 0.3) is 0 Å². The van der Waals surface area contributed by atoms with E-state index in [9.17, 15) is 13.2 Å². The Hall–Kier alpha value is -2.50. The molecule has 0 unspecified atom stereocenters. The second-order valence-electron chi connectivity index (χ2n) is 10.1. The molecule has 2 aliphatic heterocycles. The number of fused-ring (bicyclic) bond motifs is 1. The van der Waals surface area contributed by atoms with Gasteiger partial charge in [-0.25, -0.2) is 4.99 Å². The highest BCUT2D eigenvalue weighted by atomic mass is 19.4. The topological polar surface area (TPSA) is 18.8 Å². The molecule has 1 saturated carbocycles. The Morgan fingerprint density at radius 3 is 2.33 bits per heavy atom. The largest absolute Gasteiger partial charge is 0.416 e. The number of alkyl halides is 3. The van der Waals surface area contributed by atoms with Crippen LogP contribution in [0.4, 0.5) is 13.2 Å². The number of piperazine rings is 1. The predicted molar refractivity (Wildman–Crippen MR) is 128 cm³/mol. The molecule has 33 heavy (non-hydrogen) atoms. The van der Waals surface area contributed by atoms with Gasteiger partial charge in [-0.3, -0.25) is 0 Å². The summed E-state index contributed by atoms with van der Waals surface area (Å²) in [5.74, 6) is 0.905. The quantitative estimate of drug-likeness (QED) is 0.487. The van der Waals surface area contributed by atoms with Gasteiger partial charge in [0.05, 0.1) is 22.7 Å². The van der Waals surface area contributed by atoms with Crippen molar-refractivity contribution in [3.63, 3.8) is 0 Å². The van der Waals surface area contributed by atoms with E-state index in [1.54, 1.807) is 6.92 Å². The van der Waals surface area contributed by atoms with E-state index in [2.05, 4.69) is 36.8 Å². The van der Waals surface area contributed by atoms with E-state index in [1.165, 1.54) is 12.1 Å². The number of hydrogen-bond acceptors (Lipinski definition) is 3. The molecule has 1 aromatic rings. The lowest BCUT2D eigenvalue weighted by molar-refractivity contribution is -0.137. The summed E-state index contributed by atoms with van der Waals surface area (Å²) in [5, 5.41) is 0. The minimum absolute atomic E-state index is 0.338. The number of rotatable bonds is 4. The van der Waals surface area contributed by atoms with E-state index >= 15 is 0 Å². The van der Waals surface area contributed by atoms with E-state index in [0.29, 0.717) is 18.0 Å². The number of aryl methyl sites for hydroxylation is 1. The fraction of sp³-hybridized carbons (Fsp3) is 0.519. The van der Waals surface area contributed by atoms with Gasteiger partial charge in [0.15, 0.2) is 0 Å². The van der Waals surface area contributed by atoms with Gasteiger partial charge in [-0.1, -0.05) is 37.6 Å². The van der Waals surface area contributed by atoms with Gasteiger partial charge in [-0.2, -0.15) is 13.2 Å². The van der Waals surface area contributed by atoms with Crippen molar-refractivity contribution in [2.75, 3.05) is 13.1 Å². The fourth-order valence-electron chi connectivity index (χ4n) is 5.74. The summed E-state index contributed by atoms with van der Waals surface area (Å²) in [7, 11) is 0. The Morgan fingerprint density at radius 2 is 1.73 bits per heavy atom. The third-order valence-electron chi connectivity index (χ3n) is 7.52. The molecule has 4 rings (SSSR count). The van der Waals surface area contributed by atoms with Gasteiger partial charge in [0.25, 0.3) is 0 Å². The summed E-state index contributed by atoms with van der Waals surface area (Å²) in [6.07, 6.45) is 0.0141. The molecule has 1 aromatic carbocycles. The van der Waals surface area contributed by atoms with Gasteiger partial charge in [-0.15, -0.1) is 0 Å². The standard InChI is InChI=1S/C27H34F3N3/c1-17(2)32-11-12-33-24(31-20(5)19(4)25(33)21(32)6)16-26(9-7-8-10-26)22-13-18(3)14-23(15-22)27(28,29)30/h13-15,17H,5-12,16H2,1-4H3. The van der Waals surface area contributed by atoms with Crippen molar-refractivity contribution in [1.82, 2.24) is 9.80 Å². The van der Waals surface area contributed by atoms with Crippen LogP contribution in [0, 0.1) is 6.92 Å². The zero-order valence-electron chi connectivity index (χ0n) is 20.1. The summed E-state index contributed by atoms with van der Waals surface area (Å²) in [6, 6.07) is 4.89. The van der Waals surface area contributed by atoms with Gasteiger partial charge < -0.3 is 9.80 Å². The number of amidine groups is 1. The molecule has 2 heterocycles. The molecule has 178 valence electrons. The molecular formula is C27H34F3N3. The Kier molecular flexibility index (Phi) is 6.00. The maximum Gasteiger partial charge on any atom is 0.416 e. The summed E-state index contributed by atoms with van der Waals surface area (Å²) in [4.78, 5) is 9.43. The number of aliphatic imine (C=N–C) groups is 1. The van der Waals surface area contributed by atoms with E-state index < -0.39 is 11.7 Å². The number of benzene rings is 1. The third-order valence-corrected chi connectivity index (χ3v) is 7.52. The Morgan fingerprint density at radius 1 is 1.06 bits per heavy atom. The van der Waals surface area contributed by atoms with Crippen molar-refractivity contribution in [2.45, 2.75) is 77.4 Å². The molecule has 0 spiro atoms. The predicted octanol–water partition coefficient (Wildman–Crippen LogP) is 6.96. The van der Waals surface area contributed by atoms with Crippen LogP contribution in [0.2, 0.25) is 0 Å². The molecule has 0 radical (unpaired) electrons. The van der Waals surface area contributed by atoms with E-state index in [4.69, 9.17) is 4.99 Å². The Bertz CT molecular complexity index is 1040. The molecule has 6 heteroatoms. The first-order chi connectivity index (χ1) is 15.4. The zero-order valence-corrected chi connectivity index (χ0v) is 20.1. The first-order valence-electron chi connectivity index (χ1n) is 11.8. The first-order valence-corrected chi connectivity index (χ1v) is 11.8. The normalized spacial score (nSPS) is 21.2. The maximum absolute atomic E-state index is 13.6. The molecule has 0 atom stereocenters. The van der Waals surface area contributed by atoms with Crippen LogP contribution < -0.4 is 0 Å². The molecule has 0 amide bonds. The number of hydrogen-bond donors (Lipinski definition) is 0. The summed E-state index contributed by atoms with van der Waals surface area (Å²) < 4.78 is 40.8. The molecule has 0 N–H and O–H groups in total. The Labute approximate surface area is 195 Å². The second-order valence-corrected chi connectivity index (χ2v) is 10.1. The highest BCUT2D eigenvalue weighted by molar-refractivity contribution is 5.89. The number of allylic oxidation sites excluding steroid dienone is 1. The smallest absolute Gasteiger partial charge is 0.366 e. The van der Waals surface area contributed by atoms with Crippen molar-refractivity contribution in [2.24, 2.45) is 4.99 Å². The van der Waals surface area contributed by atoms with E-state index in [0.717, 1.165) is 72.8 Å². The van der Waals surface area contributed by atoms with Gasteiger partial charge in [0, 0.05) is 31.0 Å². The molecular weight excluding hydrogens is 423 g/mol.